The number of nitrogens with one attached hydrogen (secondary N) is 1. The molecule has 0 aliphatic heterocycles. The Bertz CT molecular complexity index is 1080. The second-order valence-electron chi connectivity index (χ2n) is 8.06. The van der Waals surface area contributed by atoms with Crippen LogP contribution < -0.4 is 5.32 Å². The average molecular weight is 447 g/mol. The van der Waals surface area contributed by atoms with Gasteiger partial charge in [-0.15, -0.1) is 0 Å². The summed E-state index contributed by atoms with van der Waals surface area (Å²) in [6, 6.07) is 11.7. The molecule has 0 spiro atoms. The highest BCUT2D eigenvalue weighted by atomic mass is 32.2. The number of anilines is 1. The Morgan fingerprint density at radius 1 is 0.968 bits per heavy atom. The van der Waals surface area contributed by atoms with Gasteiger partial charge in [-0.2, -0.15) is 0 Å². The monoisotopic (exact) mass is 446 g/mol. The summed E-state index contributed by atoms with van der Waals surface area (Å²) in [5.41, 5.74) is -0.112. The van der Waals surface area contributed by atoms with Crippen LogP contribution >= 0.6 is 0 Å². The van der Waals surface area contributed by atoms with E-state index in [2.05, 4.69) is 5.32 Å². The zero-order valence-corrected chi connectivity index (χ0v) is 18.9. The molecule has 0 aliphatic rings. The molecule has 166 valence electrons. The second kappa shape index (κ2) is 9.40. The highest BCUT2D eigenvalue weighted by Gasteiger charge is 2.24. The van der Waals surface area contributed by atoms with Crippen LogP contribution in [0, 0.1) is 5.41 Å². The molecule has 0 heterocycles. The van der Waals surface area contributed by atoms with Gasteiger partial charge >= 0.3 is 5.97 Å². The fraction of sp³-hybridized carbons (Fsp3) is 0.318. The quantitative estimate of drug-likeness (QED) is 0.655. The molecule has 0 atom stereocenters. The molecule has 8 nitrogen and oxygen atoms in total. The maximum atomic E-state index is 12.6. The molecule has 2 aromatic rings. The number of hydrogen-bond donors (Lipinski definition) is 1. The van der Waals surface area contributed by atoms with Crippen molar-refractivity contribution in [2.24, 2.45) is 5.41 Å². The van der Waals surface area contributed by atoms with Crippen LogP contribution in [0.1, 0.15) is 41.5 Å². The van der Waals surface area contributed by atoms with Crippen LogP contribution in [0.2, 0.25) is 0 Å². The van der Waals surface area contributed by atoms with E-state index in [0.717, 1.165) is 4.31 Å². The van der Waals surface area contributed by atoms with Gasteiger partial charge in [0.05, 0.1) is 16.1 Å². The fourth-order valence-corrected chi connectivity index (χ4v) is 3.28. The maximum Gasteiger partial charge on any atom is 0.340 e. The standard InChI is InChI=1S/C22H26N2O6S/c1-22(2,3)19(25)14-30-21(27)17-8-6-7-9-18(17)23-20(26)15-10-12-16(13-11-15)31(28,29)24(4)5/h6-13H,14H2,1-5H3,(H,23,26). The predicted octanol–water partition coefficient (Wildman–Crippen LogP) is 2.96. The third-order valence-electron chi connectivity index (χ3n) is 4.46. The van der Waals surface area contributed by atoms with Gasteiger partial charge < -0.3 is 10.1 Å². The van der Waals surface area contributed by atoms with E-state index in [0.29, 0.717) is 0 Å². The van der Waals surface area contributed by atoms with E-state index in [1.54, 1.807) is 32.9 Å². The summed E-state index contributed by atoms with van der Waals surface area (Å²) in [7, 11) is -0.772. The molecule has 0 unspecified atom stereocenters. The molecular weight excluding hydrogens is 420 g/mol. The molecule has 0 radical (unpaired) electrons. The predicted molar refractivity (Wildman–Crippen MR) is 116 cm³/mol. The maximum absolute atomic E-state index is 12.6. The van der Waals surface area contributed by atoms with Crippen molar-refractivity contribution in [2.75, 3.05) is 26.0 Å². The molecular formula is C22H26N2O6S. The zero-order chi connectivity index (χ0) is 23.4. The van der Waals surface area contributed by atoms with Gasteiger partial charge in [-0.25, -0.2) is 17.5 Å². The number of hydrogen-bond acceptors (Lipinski definition) is 6. The van der Waals surface area contributed by atoms with Gasteiger partial charge in [0.2, 0.25) is 10.0 Å². The van der Waals surface area contributed by atoms with Crippen LogP contribution in [0.4, 0.5) is 5.69 Å². The van der Waals surface area contributed by atoms with Gasteiger partial charge in [-0.1, -0.05) is 32.9 Å². The Balaban J connectivity index is 2.16. The first-order chi connectivity index (χ1) is 14.3. The number of ketones is 1. The first-order valence-electron chi connectivity index (χ1n) is 9.47. The number of rotatable bonds is 7. The number of esters is 1. The highest BCUT2D eigenvalue weighted by Crippen LogP contribution is 2.20. The van der Waals surface area contributed by atoms with Crippen molar-refractivity contribution >= 4 is 33.4 Å². The van der Waals surface area contributed by atoms with Gasteiger partial charge in [0.15, 0.2) is 12.4 Å². The van der Waals surface area contributed by atoms with Crippen LogP contribution in [0.5, 0.6) is 0 Å². The van der Waals surface area contributed by atoms with Crippen LogP contribution in [0.3, 0.4) is 0 Å². The van der Waals surface area contributed by atoms with E-state index < -0.39 is 27.3 Å². The van der Waals surface area contributed by atoms with Crippen molar-refractivity contribution in [3.63, 3.8) is 0 Å². The van der Waals surface area contributed by atoms with Crippen molar-refractivity contribution in [1.82, 2.24) is 4.31 Å². The number of nitrogens with zero attached hydrogens (tertiary/aromatic N) is 1. The lowest BCUT2D eigenvalue weighted by molar-refractivity contribution is -0.129. The SMILES string of the molecule is CN(C)S(=O)(=O)c1ccc(C(=O)Nc2ccccc2C(=O)OCC(=O)C(C)(C)C)cc1. The Labute approximate surface area is 182 Å². The average Bonchev–Trinajstić information content (AvgIpc) is 2.71. The summed E-state index contributed by atoms with van der Waals surface area (Å²) in [5, 5.41) is 2.62. The molecule has 1 N–H and O–H groups in total. The minimum absolute atomic E-state index is 0.0570. The Morgan fingerprint density at radius 2 is 1.55 bits per heavy atom. The van der Waals surface area contributed by atoms with Gasteiger partial charge in [0.1, 0.15) is 0 Å². The van der Waals surface area contributed by atoms with Gasteiger partial charge in [0.25, 0.3) is 5.91 Å². The fourth-order valence-electron chi connectivity index (χ4n) is 2.38. The Morgan fingerprint density at radius 3 is 2.10 bits per heavy atom. The summed E-state index contributed by atoms with van der Waals surface area (Å²) in [6.07, 6.45) is 0. The number of Topliss-reactive ketones (excluding diaryl/α,β-unsaturated/α-hetero) is 1. The van der Waals surface area contributed by atoms with E-state index in [-0.39, 0.29) is 34.1 Å². The number of sulfonamides is 1. The van der Waals surface area contributed by atoms with Gasteiger partial charge in [0, 0.05) is 25.1 Å². The molecule has 2 aromatic carbocycles. The molecule has 0 saturated carbocycles. The van der Waals surface area contributed by atoms with Crippen LogP contribution in [0.15, 0.2) is 53.4 Å². The molecule has 0 bridgehead atoms. The largest absolute Gasteiger partial charge is 0.454 e. The summed E-state index contributed by atoms with van der Waals surface area (Å²) in [5.74, 6) is -1.49. The molecule has 31 heavy (non-hydrogen) atoms. The molecule has 2 rings (SSSR count). The highest BCUT2D eigenvalue weighted by molar-refractivity contribution is 7.89. The minimum Gasteiger partial charge on any atom is -0.454 e. The number of benzene rings is 2. The first kappa shape index (κ1) is 24.2. The zero-order valence-electron chi connectivity index (χ0n) is 18.1. The van der Waals surface area contributed by atoms with E-state index in [1.165, 1.54) is 50.5 Å². The molecule has 1 amide bonds. The summed E-state index contributed by atoms with van der Waals surface area (Å²) in [6.45, 7) is 4.82. The number of para-hydroxylation sites is 1. The van der Waals surface area contributed by atoms with Crippen LogP contribution in [-0.4, -0.2) is 51.1 Å². The normalized spacial score (nSPS) is 11.8. The van der Waals surface area contributed by atoms with Crippen molar-refractivity contribution < 1.29 is 27.5 Å². The summed E-state index contributed by atoms with van der Waals surface area (Å²) < 4.78 is 30.5. The first-order valence-corrected chi connectivity index (χ1v) is 10.9. The van der Waals surface area contributed by atoms with E-state index in [4.69, 9.17) is 4.74 Å². The topological polar surface area (TPSA) is 110 Å². The Hall–Kier alpha value is -3.04. The van der Waals surface area contributed by atoms with Crippen LogP contribution in [-0.2, 0) is 19.6 Å². The number of ether oxygens (including phenoxy) is 1. The second-order valence-corrected chi connectivity index (χ2v) is 10.2. The number of carbonyl (C=O) groups excluding carboxylic acids is 3. The van der Waals surface area contributed by atoms with Crippen molar-refractivity contribution in [3.05, 3.63) is 59.7 Å². The van der Waals surface area contributed by atoms with Crippen molar-refractivity contribution in [2.45, 2.75) is 25.7 Å². The lowest BCUT2D eigenvalue weighted by atomic mass is 9.91. The van der Waals surface area contributed by atoms with E-state index in [9.17, 15) is 22.8 Å². The van der Waals surface area contributed by atoms with Crippen molar-refractivity contribution in [1.29, 1.82) is 0 Å². The molecule has 0 aliphatic carbocycles. The summed E-state index contributed by atoms with van der Waals surface area (Å²) >= 11 is 0. The van der Waals surface area contributed by atoms with E-state index >= 15 is 0 Å². The minimum atomic E-state index is -3.61. The lowest BCUT2D eigenvalue weighted by Crippen LogP contribution is -2.26. The Kier molecular flexibility index (Phi) is 7.35. The van der Waals surface area contributed by atoms with Gasteiger partial charge in [-0.3, -0.25) is 9.59 Å². The van der Waals surface area contributed by atoms with Gasteiger partial charge in [-0.05, 0) is 36.4 Å². The number of amides is 1. The number of carbonyl (C=O) groups is 3. The van der Waals surface area contributed by atoms with Crippen molar-refractivity contribution in [3.8, 4) is 0 Å². The molecule has 0 fully saturated rings. The third kappa shape index (κ3) is 5.99. The third-order valence-corrected chi connectivity index (χ3v) is 6.29. The molecule has 0 aromatic heterocycles. The van der Waals surface area contributed by atoms with Crippen LogP contribution in [0.25, 0.3) is 0 Å². The smallest absolute Gasteiger partial charge is 0.340 e. The molecule has 9 heteroatoms. The van der Waals surface area contributed by atoms with E-state index in [1.807, 2.05) is 0 Å². The lowest BCUT2D eigenvalue weighted by Gasteiger charge is -2.17. The summed E-state index contributed by atoms with van der Waals surface area (Å²) in [4.78, 5) is 37.1. The molecule has 0 saturated heterocycles.